The number of pyridine rings is 1. The molecule has 1 aliphatic rings. The van der Waals surface area contributed by atoms with E-state index < -0.39 is 0 Å². The molecular formula is C13H18N2O2. The summed E-state index contributed by atoms with van der Waals surface area (Å²) in [5.74, 6) is -0.251. The number of hydrogen-bond donors (Lipinski definition) is 2. The maximum Gasteiger partial charge on any atom is 0.256 e. The summed E-state index contributed by atoms with van der Waals surface area (Å²) < 4.78 is 0. The second-order valence-electron chi connectivity index (χ2n) is 4.58. The van der Waals surface area contributed by atoms with Crippen LogP contribution in [-0.4, -0.2) is 16.9 Å². The zero-order chi connectivity index (χ0) is 12.1. The first-order chi connectivity index (χ1) is 8.27. The van der Waals surface area contributed by atoms with E-state index in [9.17, 15) is 9.59 Å². The lowest BCUT2D eigenvalue weighted by Crippen LogP contribution is -2.36. The Morgan fingerprint density at radius 3 is 2.59 bits per heavy atom. The van der Waals surface area contributed by atoms with Gasteiger partial charge < -0.3 is 10.3 Å². The molecule has 0 radical (unpaired) electrons. The number of aromatic nitrogens is 1. The van der Waals surface area contributed by atoms with Crippen LogP contribution in [0.1, 0.15) is 48.9 Å². The molecule has 0 aromatic carbocycles. The van der Waals surface area contributed by atoms with E-state index in [1.54, 1.807) is 0 Å². The van der Waals surface area contributed by atoms with Gasteiger partial charge in [0.1, 0.15) is 5.56 Å². The van der Waals surface area contributed by atoms with Crippen LogP contribution in [0.25, 0.3) is 0 Å². The van der Waals surface area contributed by atoms with E-state index >= 15 is 0 Å². The Labute approximate surface area is 100 Å². The fraction of sp³-hybridized carbons (Fsp3) is 0.538. The van der Waals surface area contributed by atoms with Crippen LogP contribution in [0, 0.1) is 0 Å². The van der Waals surface area contributed by atoms with E-state index in [-0.39, 0.29) is 22.9 Å². The summed E-state index contributed by atoms with van der Waals surface area (Å²) in [5, 5.41) is 2.96. The van der Waals surface area contributed by atoms with Gasteiger partial charge in [-0.25, -0.2) is 0 Å². The van der Waals surface area contributed by atoms with Crippen molar-refractivity contribution in [3.8, 4) is 0 Å². The molecule has 4 heteroatoms. The maximum absolute atomic E-state index is 11.9. The van der Waals surface area contributed by atoms with Crippen LogP contribution in [0.3, 0.4) is 0 Å². The van der Waals surface area contributed by atoms with Gasteiger partial charge in [0.2, 0.25) is 0 Å². The van der Waals surface area contributed by atoms with E-state index in [4.69, 9.17) is 0 Å². The molecule has 1 heterocycles. The predicted molar refractivity (Wildman–Crippen MR) is 66.0 cm³/mol. The van der Waals surface area contributed by atoms with Gasteiger partial charge in [-0.3, -0.25) is 9.59 Å². The summed E-state index contributed by atoms with van der Waals surface area (Å²) >= 11 is 0. The largest absolute Gasteiger partial charge is 0.367 e. The van der Waals surface area contributed by atoms with E-state index in [0.717, 1.165) is 25.7 Å². The molecule has 2 rings (SSSR count). The lowest BCUT2D eigenvalue weighted by molar-refractivity contribution is 0.0932. The van der Waals surface area contributed by atoms with Gasteiger partial charge >= 0.3 is 0 Å². The van der Waals surface area contributed by atoms with Crippen molar-refractivity contribution in [2.24, 2.45) is 0 Å². The molecule has 1 aliphatic carbocycles. The molecule has 0 atom stereocenters. The molecule has 1 amide bonds. The molecule has 1 aromatic heterocycles. The summed E-state index contributed by atoms with van der Waals surface area (Å²) in [7, 11) is 0. The predicted octanol–water partition coefficient (Wildman–Crippen LogP) is 1.83. The van der Waals surface area contributed by atoms with Crippen molar-refractivity contribution >= 4 is 5.91 Å². The van der Waals surface area contributed by atoms with E-state index in [1.165, 1.54) is 31.3 Å². The summed E-state index contributed by atoms with van der Waals surface area (Å²) in [4.78, 5) is 26.2. The first-order valence-corrected chi connectivity index (χ1v) is 6.25. The van der Waals surface area contributed by atoms with Crippen molar-refractivity contribution in [1.29, 1.82) is 0 Å². The van der Waals surface area contributed by atoms with Crippen LogP contribution >= 0.6 is 0 Å². The SMILES string of the molecule is O=C(NC1CCCCCC1)c1c[nH]ccc1=O. The Bertz CT molecular complexity index is 431. The Hall–Kier alpha value is -1.58. The number of H-pyrrole nitrogens is 1. The van der Waals surface area contributed by atoms with Crippen molar-refractivity contribution in [3.05, 3.63) is 34.2 Å². The van der Waals surface area contributed by atoms with Gasteiger partial charge in [0.05, 0.1) is 0 Å². The van der Waals surface area contributed by atoms with Crippen molar-refractivity contribution in [1.82, 2.24) is 10.3 Å². The van der Waals surface area contributed by atoms with Gasteiger partial charge in [-0.2, -0.15) is 0 Å². The van der Waals surface area contributed by atoms with E-state index in [0.29, 0.717) is 0 Å². The minimum absolute atomic E-state index is 0.205. The summed E-state index contributed by atoms with van der Waals surface area (Å²) in [6.07, 6.45) is 9.87. The average Bonchev–Trinajstić information content (AvgIpc) is 2.58. The van der Waals surface area contributed by atoms with E-state index in [1.807, 2.05) is 0 Å². The van der Waals surface area contributed by atoms with Crippen molar-refractivity contribution in [3.63, 3.8) is 0 Å². The van der Waals surface area contributed by atoms with Crippen LogP contribution in [-0.2, 0) is 0 Å². The smallest absolute Gasteiger partial charge is 0.256 e. The highest BCUT2D eigenvalue weighted by Gasteiger charge is 2.17. The molecule has 92 valence electrons. The molecule has 1 aromatic rings. The highest BCUT2D eigenvalue weighted by molar-refractivity contribution is 5.93. The standard InChI is InChI=1S/C13H18N2O2/c16-12-7-8-14-9-11(12)13(17)15-10-5-3-1-2-4-6-10/h7-10H,1-6H2,(H,14,16)(H,15,17). The lowest BCUT2D eigenvalue weighted by Gasteiger charge is -2.15. The molecule has 0 spiro atoms. The normalized spacial score (nSPS) is 17.4. The van der Waals surface area contributed by atoms with Crippen molar-refractivity contribution in [2.75, 3.05) is 0 Å². The van der Waals surface area contributed by atoms with Crippen LogP contribution in [0.15, 0.2) is 23.3 Å². The zero-order valence-electron chi connectivity index (χ0n) is 9.87. The second-order valence-corrected chi connectivity index (χ2v) is 4.58. The summed E-state index contributed by atoms with van der Waals surface area (Å²) in [5.41, 5.74) is -0.0216. The number of hydrogen-bond acceptors (Lipinski definition) is 2. The third kappa shape index (κ3) is 3.19. The summed E-state index contributed by atoms with van der Waals surface area (Å²) in [6, 6.07) is 1.60. The fourth-order valence-electron chi connectivity index (χ4n) is 2.28. The molecule has 17 heavy (non-hydrogen) atoms. The molecule has 0 bridgehead atoms. The average molecular weight is 234 g/mol. The lowest BCUT2D eigenvalue weighted by atomic mass is 10.1. The molecule has 2 N–H and O–H groups in total. The van der Waals surface area contributed by atoms with Crippen LogP contribution in [0.2, 0.25) is 0 Å². The molecule has 0 unspecified atom stereocenters. The summed E-state index contributed by atoms with van der Waals surface area (Å²) in [6.45, 7) is 0. The molecule has 1 saturated carbocycles. The highest BCUT2D eigenvalue weighted by Crippen LogP contribution is 2.17. The Balaban J connectivity index is 2.01. The van der Waals surface area contributed by atoms with Gasteiger partial charge in [-0.15, -0.1) is 0 Å². The molecule has 0 aliphatic heterocycles. The molecular weight excluding hydrogens is 216 g/mol. The zero-order valence-corrected chi connectivity index (χ0v) is 9.87. The number of aromatic amines is 1. The van der Waals surface area contributed by atoms with Crippen LogP contribution < -0.4 is 10.7 Å². The van der Waals surface area contributed by atoms with Crippen LogP contribution in [0.5, 0.6) is 0 Å². The minimum Gasteiger partial charge on any atom is -0.367 e. The first-order valence-electron chi connectivity index (χ1n) is 6.25. The number of amides is 1. The number of carbonyl (C=O) groups excluding carboxylic acids is 1. The Kier molecular flexibility index (Phi) is 3.96. The van der Waals surface area contributed by atoms with Gasteiger partial charge in [0.25, 0.3) is 5.91 Å². The quantitative estimate of drug-likeness (QED) is 0.767. The van der Waals surface area contributed by atoms with Gasteiger partial charge in [0.15, 0.2) is 5.43 Å². The number of rotatable bonds is 2. The Morgan fingerprint density at radius 1 is 1.24 bits per heavy atom. The van der Waals surface area contributed by atoms with Gasteiger partial charge in [0, 0.05) is 24.5 Å². The molecule has 0 saturated heterocycles. The van der Waals surface area contributed by atoms with Gasteiger partial charge in [-0.05, 0) is 12.8 Å². The third-order valence-electron chi connectivity index (χ3n) is 3.26. The maximum atomic E-state index is 11.9. The monoisotopic (exact) mass is 234 g/mol. The molecule has 1 fully saturated rings. The highest BCUT2D eigenvalue weighted by atomic mass is 16.2. The van der Waals surface area contributed by atoms with Crippen LogP contribution in [0.4, 0.5) is 0 Å². The van der Waals surface area contributed by atoms with E-state index in [2.05, 4.69) is 10.3 Å². The van der Waals surface area contributed by atoms with Crippen molar-refractivity contribution < 1.29 is 4.79 Å². The third-order valence-corrected chi connectivity index (χ3v) is 3.26. The van der Waals surface area contributed by atoms with Crippen molar-refractivity contribution in [2.45, 2.75) is 44.6 Å². The molecule has 4 nitrogen and oxygen atoms in total. The topological polar surface area (TPSA) is 62.0 Å². The number of carbonyl (C=O) groups is 1. The Morgan fingerprint density at radius 2 is 1.94 bits per heavy atom. The number of nitrogens with one attached hydrogen (secondary N) is 2. The van der Waals surface area contributed by atoms with Gasteiger partial charge in [-0.1, -0.05) is 25.7 Å². The first kappa shape index (κ1) is 11.9. The minimum atomic E-state index is -0.251. The fourth-order valence-corrected chi connectivity index (χ4v) is 2.28. The second kappa shape index (κ2) is 5.66.